The molecule has 4 nitrogen and oxygen atoms in total. The first-order valence-electron chi connectivity index (χ1n) is 5.95. The Morgan fingerprint density at radius 1 is 1.47 bits per heavy atom. The minimum absolute atomic E-state index is 0.282. The van der Waals surface area contributed by atoms with Gasteiger partial charge in [-0.25, -0.2) is 9.67 Å². The summed E-state index contributed by atoms with van der Waals surface area (Å²) in [6, 6.07) is 6.24. The molecule has 0 fully saturated rings. The minimum Gasteiger partial charge on any atom is -0.490 e. The van der Waals surface area contributed by atoms with Crippen molar-refractivity contribution in [2.45, 2.75) is 32.9 Å². The third-order valence-electron chi connectivity index (χ3n) is 3.07. The number of rotatable bonds is 2. The maximum atomic E-state index is 5.69. The zero-order valence-electron chi connectivity index (χ0n) is 10.1. The Morgan fingerprint density at radius 3 is 3.18 bits per heavy atom. The van der Waals surface area contributed by atoms with Crippen molar-refractivity contribution in [1.82, 2.24) is 14.8 Å². The number of aromatic nitrogens is 3. The van der Waals surface area contributed by atoms with Crippen LogP contribution in [0, 0.1) is 0 Å². The fraction of sp³-hybridized carbons (Fsp3) is 0.385. The van der Waals surface area contributed by atoms with E-state index in [2.05, 4.69) is 30.0 Å². The lowest BCUT2D eigenvalue weighted by atomic mass is 10.1. The third-order valence-corrected chi connectivity index (χ3v) is 3.07. The van der Waals surface area contributed by atoms with Gasteiger partial charge >= 0.3 is 0 Å². The van der Waals surface area contributed by atoms with Gasteiger partial charge in [-0.3, -0.25) is 0 Å². The monoisotopic (exact) mass is 229 g/mol. The molecule has 2 aromatic rings. The van der Waals surface area contributed by atoms with Gasteiger partial charge in [0.25, 0.3) is 0 Å². The van der Waals surface area contributed by atoms with Gasteiger partial charge < -0.3 is 4.74 Å². The summed E-state index contributed by atoms with van der Waals surface area (Å²) in [6.45, 7) is 4.99. The summed E-state index contributed by atoms with van der Waals surface area (Å²) < 4.78 is 7.60. The van der Waals surface area contributed by atoms with Crippen LogP contribution < -0.4 is 4.74 Å². The highest BCUT2D eigenvalue weighted by Crippen LogP contribution is 2.32. The predicted octanol–water partition coefficient (Wildman–Crippen LogP) is 2.29. The van der Waals surface area contributed by atoms with Gasteiger partial charge in [-0.05, 0) is 37.6 Å². The highest BCUT2D eigenvalue weighted by molar-refractivity contribution is 5.59. The van der Waals surface area contributed by atoms with Crippen LogP contribution in [0.1, 0.15) is 19.4 Å². The minimum atomic E-state index is 0.282. The molecule has 1 aliphatic rings. The average molecular weight is 229 g/mol. The highest BCUT2D eigenvalue weighted by atomic mass is 16.5. The van der Waals surface area contributed by atoms with E-state index >= 15 is 0 Å². The Labute approximate surface area is 100 Å². The maximum Gasteiger partial charge on any atom is 0.158 e. The molecule has 1 aliphatic heterocycles. The molecule has 1 unspecified atom stereocenters. The normalized spacial score (nSPS) is 17.9. The van der Waals surface area contributed by atoms with Crippen LogP contribution in [0.15, 0.2) is 24.5 Å². The Hall–Kier alpha value is -1.84. The van der Waals surface area contributed by atoms with Gasteiger partial charge in [-0.2, -0.15) is 5.10 Å². The second-order valence-corrected chi connectivity index (χ2v) is 4.35. The number of nitrogens with zero attached hydrogens (tertiary/aromatic N) is 3. The van der Waals surface area contributed by atoms with Crippen molar-refractivity contribution in [2.24, 2.45) is 0 Å². The first kappa shape index (κ1) is 10.3. The largest absolute Gasteiger partial charge is 0.490 e. The molecule has 0 saturated carbocycles. The fourth-order valence-electron chi connectivity index (χ4n) is 2.28. The molecule has 1 atom stereocenters. The molecule has 0 radical (unpaired) electrons. The van der Waals surface area contributed by atoms with Crippen LogP contribution in [0.3, 0.4) is 0 Å². The predicted molar refractivity (Wildman–Crippen MR) is 64.9 cm³/mol. The van der Waals surface area contributed by atoms with Gasteiger partial charge in [0, 0.05) is 18.5 Å². The van der Waals surface area contributed by atoms with E-state index in [1.807, 2.05) is 16.8 Å². The van der Waals surface area contributed by atoms with Crippen LogP contribution in [0.25, 0.3) is 11.4 Å². The van der Waals surface area contributed by atoms with Gasteiger partial charge in [0.2, 0.25) is 0 Å². The molecule has 2 heterocycles. The Balaban J connectivity index is 2.03. The average Bonchev–Trinajstić information content (AvgIpc) is 2.91. The van der Waals surface area contributed by atoms with E-state index in [0.29, 0.717) is 0 Å². The van der Waals surface area contributed by atoms with E-state index in [1.165, 1.54) is 5.56 Å². The fourth-order valence-corrected chi connectivity index (χ4v) is 2.28. The molecule has 0 bridgehead atoms. The number of benzene rings is 1. The van der Waals surface area contributed by atoms with E-state index in [9.17, 15) is 0 Å². The van der Waals surface area contributed by atoms with E-state index in [-0.39, 0.29) is 6.10 Å². The summed E-state index contributed by atoms with van der Waals surface area (Å²) >= 11 is 0. The number of hydrogen-bond acceptors (Lipinski definition) is 3. The molecular weight excluding hydrogens is 214 g/mol. The summed E-state index contributed by atoms with van der Waals surface area (Å²) in [5.41, 5.74) is 2.38. The lowest BCUT2D eigenvalue weighted by Crippen LogP contribution is -2.05. The molecule has 0 saturated heterocycles. The molecule has 0 spiro atoms. The second kappa shape index (κ2) is 3.87. The van der Waals surface area contributed by atoms with Crippen LogP contribution in [0.2, 0.25) is 0 Å². The van der Waals surface area contributed by atoms with Gasteiger partial charge in [-0.15, -0.1) is 0 Å². The zero-order chi connectivity index (χ0) is 11.8. The molecular formula is C13H15N3O. The van der Waals surface area contributed by atoms with Crippen LogP contribution in [0.5, 0.6) is 5.75 Å². The molecule has 4 heteroatoms. The molecule has 1 aromatic carbocycles. The lowest BCUT2D eigenvalue weighted by molar-refractivity contribution is 0.254. The quantitative estimate of drug-likeness (QED) is 0.793. The molecule has 17 heavy (non-hydrogen) atoms. The Bertz CT molecular complexity index is 547. The van der Waals surface area contributed by atoms with Crippen molar-refractivity contribution in [3.63, 3.8) is 0 Å². The third kappa shape index (κ3) is 1.69. The van der Waals surface area contributed by atoms with Gasteiger partial charge in [0.15, 0.2) is 5.82 Å². The zero-order valence-corrected chi connectivity index (χ0v) is 10.1. The Morgan fingerprint density at radius 2 is 2.35 bits per heavy atom. The number of hydrogen-bond donors (Lipinski definition) is 0. The highest BCUT2D eigenvalue weighted by Gasteiger charge is 2.20. The van der Waals surface area contributed by atoms with Gasteiger partial charge in [0.1, 0.15) is 18.2 Å². The molecule has 0 amide bonds. The second-order valence-electron chi connectivity index (χ2n) is 4.35. The van der Waals surface area contributed by atoms with Crippen molar-refractivity contribution in [1.29, 1.82) is 0 Å². The first-order valence-corrected chi connectivity index (χ1v) is 5.95. The summed E-state index contributed by atoms with van der Waals surface area (Å²) in [5, 5.41) is 4.19. The molecule has 88 valence electrons. The van der Waals surface area contributed by atoms with E-state index in [4.69, 9.17) is 4.74 Å². The molecule has 1 aromatic heterocycles. The summed E-state index contributed by atoms with van der Waals surface area (Å²) in [6.07, 6.45) is 2.86. The van der Waals surface area contributed by atoms with Crippen molar-refractivity contribution in [2.75, 3.05) is 0 Å². The topological polar surface area (TPSA) is 39.9 Å². The first-order chi connectivity index (χ1) is 8.28. The molecule has 0 aliphatic carbocycles. The Kier molecular flexibility index (Phi) is 2.35. The van der Waals surface area contributed by atoms with Crippen LogP contribution in [-0.4, -0.2) is 20.9 Å². The van der Waals surface area contributed by atoms with Crippen LogP contribution in [0.4, 0.5) is 0 Å². The summed E-state index contributed by atoms with van der Waals surface area (Å²) in [4.78, 5) is 4.31. The molecule has 3 rings (SSSR count). The standard InChI is InChI=1S/C13H15N3O/c1-3-16-13(14-8-15-16)10-4-5-12-11(7-10)6-9(2)17-12/h4-5,7-9H,3,6H2,1-2H3. The van der Waals surface area contributed by atoms with Gasteiger partial charge in [-0.1, -0.05) is 0 Å². The summed E-state index contributed by atoms with van der Waals surface area (Å²) in [7, 11) is 0. The molecule has 0 N–H and O–H groups in total. The number of fused-ring (bicyclic) bond motifs is 1. The van der Waals surface area contributed by atoms with Crippen molar-refractivity contribution in [3.05, 3.63) is 30.1 Å². The van der Waals surface area contributed by atoms with Crippen molar-refractivity contribution in [3.8, 4) is 17.1 Å². The van der Waals surface area contributed by atoms with Crippen LogP contribution in [-0.2, 0) is 13.0 Å². The number of ether oxygens (including phenoxy) is 1. The number of aryl methyl sites for hydroxylation is 1. The van der Waals surface area contributed by atoms with Crippen molar-refractivity contribution >= 4 is 0 Å². The van der Waals surface area contributed by atoms with E-state index < -0.39 is 0 Å². The lowest BCUT2D eigenvalue weighted by Gasteiger charge is -2.05. The SMILES string of the molecule is CCn1ncnc1-c1ccc2c(c1)CC(C)O2. The van der Waals surface area contributed by atoms with E-state index in [0.717, 1.165) is 30.1 Å². The van der Waals surface area contributed by atoms with Gasteiger partial charge in [0.05, 0.1) is 0 Å². The van der Waals surface area contributed by atoms with Crippen LogP contribution >= 0.6 is 0 Å². The summed E-state index contributed by atoms with van der Waals surface area (Å²) in [5.74, 6) is 1.93. The maximum absolute atomic E-state index is 5.69. The van der Waals surface area contributed by atoms with E-state index in [1.54, 1.807) is 6.33 Å². The smallest absolute Gasteiger partial charge is 0.158 e. The van der Waals surface area contributed by atoms with Crippen molar-refractivity contribution < 1.29 is 4.74 Å².